The highest BCUT2D eigenvalue weighted by Gasteiger charge is 2.15. The van der Waals surface area contributed by atoms with Crippen molar-refractivity contribution in [3.05, 3.63) is 16.1 Å². The van der Waals surface area contributed by atoms with Gasteiger partial charge in [-0.1, -0.05) is 0 Å². The molecule has 0 radical (unpaired) electrons. The van der Waals surface area contributed by atoms with Gasteiger partial charge in [0, 0.05) is 19.8 Å². The van der Waals surface area contributed by atoms with Crippen molar-refractivity contribution in [1.82, 2.24) is 10.3 Å². The second-order valence-electron chi connectivity index (χ2n) is 4.59. The first-order valence-electron chi connectivity index (χ1n) is 6.65. The van der Waals surface area contributed by atoms with Crippen LogP contribution in [0.15, 0.2) is 5.51 Å². The Hall–Kier alpha value is -0.980. The van der Waals surface area contributed by atoms with E-state index < -0.39 is 0 Å². The monoisotopic (exact) mass is 284 g/mol. The molecule has 1 aliphatic heterocycles. The fraction of sp³-hybridized carbons (Fsp3) is 0.692. The molecule has 1 amide bonds. The SMILES string of the molecule is Cc1ncsc1C(=O)NCCCOC[C@H]1CCCO1. The fourth-order valence-corrected chi connectivity index (χ4v) is 2.69. The molecule has 1 saturated heterocycles. The van der Waals surface area contributed by atoms with E-state index in [0.717, 1.165) is 31.6 Å². The van der Waals surface area contributed by atoms with E-state index in [0.29, 0.717) is 24.6 Å². The highest BCUT2D eigenvalue weighted by molar-refractivity contribution is 7.11. The van der Waals surface area contributed by atoms with Crippen LogP contribution in [0.3, 0.4) is 0 Å². The summed E-state index contributed by atoms with van der Waals surface area (Å²) in [4.78, 5) is 16.5. The van der Waals surface area contributed by atoms with Crippen LogP contribution in [0.2, 0.25) is 0 Å². The molecule has 0 saturated carbocycles. The maximum absolute atomic E-state index is 11.8. The summed E-state index contributed by atoms with van der Waals surface area (Å²) in [5, 5.41) is 2.87. The molecule has 0 aromatic carbocycles. The van der Waals surface area contributed by atoms with Gasteiger partial charge >= 0.3 is 0 Å². The topological polar surface area (TPSA) is 60.5 Å². The molecule has 1 aromatic rings. The second-order valence-corrected chi connectivity index (χ2v) is 5.44. The second kappa shape index (κ2) is 7.57. The molecule has 2 rings (SSSR count). The lowest BCUT2D eigenvalue weighted by Gasteiger charge is -2.10. The summed E-state index contributed by atoms with van der Waals surface area (Å²) in [7, 11) is 0. The van der Waals surface area contributed by atoms with Gasteiger partial charge in [-0.05, 0) is 26.2 Å². The summed E-state index contributed by atoms with van der Waals surface area (Å²) in [6.45, 7) is 4.65. The minimum absolute atomic E-state index is 0.0425. The van der Waals surface area contributed by atoms with Gasteiger partial charge < -0.3 is 14.8 Å². The van der Waals surface area contributed by atoms with E-state index in [1.165, 1.54) is 11.3 Å². The third-order valence-corrected chi connectivity index (χ3v) is 3.96. The molecule has 0 spiro atoms. The number of ether oxygens (including phenoxy) is 2. The smallest absolute Gasteiger partial charge is 0.263 e. The van der Waals surface area contributed by atoms with E-state index in [1.807, 2.05) is 6.92 Å². The van der Waals surface area contributed by atoms with Crippen LogP contribution in [0.4, 0.5) is 0 Å². The van der Waals surface area contributed by atoms with Crippen molar-refractivity contribution < 1.29 is 14.3 Å². The predicted octanol–water partition coefficient (Wildman–Crippen LogP) is 1.77. The molecule has 0 bridgehead atoms. The van der Waals surface area contributed by atoms with Gasteiger partial charge in [0.25, 0.3) is 5.91 Å². The Kier molecular flexibility index (Phi) is 5.75. The molecule has 106 valence electrons. The molecule has 0 unspecified atom stereocenters. The van der Waals surface area contributed by atoms with Gasteiger partial charge in [-0.3, -0.25) is 4.79 Å². The van der Waals surface area contributed by atoms with Crippen LogP contribution >= 0.6 is 11.3 Å². The number of rotatable bonds is 7. The van der Waals surface area contributed by atoms with E-state index in [9.17, 15) is 4.79 Å². The first-order chi connectivity index (χ1) is 9.27. The van der Waals surface area contributed by atoms with Gasteiger partial charge in [-0.25, -0.2) is 4.98 Å². The van der Waals surface area contributed by atoms with Gasteiger partial charge in [0.2, 0.25) is 0 Å². The van der Waals surface area contributed by atoms with Crippen LogP contribution in [0.25, 0.3) is 0 Å². The predicted molar refractivity (Wildman–Crippen MR) is 73.6 cm³/mol. The van der Waals surface area contributed by atoms with Crippen LogP contribution in [0.5, 0.6) is 0 Å². The Bertz CT molecular complexity index is 402. The van der Waals surface area contributed by atoms with Crippen molar-refractivity contribution in [1.29, 1.82) is 0 Å². The molecule has 1 fully saturated rings. The summed E-state index contributed by atoms with van der Waals surface area (Å²) < 4.78 is 11.0. The number of carbonyl (C=O) groups is 1. The molecular weight excluding hydrogens is 264 g/mol. The number of aryl methyl sites for hydroxylation is 1. The highest BCUT2D eigenvalue weighted by atomic mass is 32.1. The van der Waals surface area contributed by atoms with Gasteiger partial charge in [0.1, 0.15) is 4.88 Å². The summed E-state index contributed by atoms with van der Waals surface area (Å²) in [5.74, 6) is -0.0425. The molecule has 5 nitrogen and oxygen atoms in total. The zero-order valence-corrected chi connectivity index (χ0v) is 12.0. The molecule has 1 N–H and O–H groups in total. The van der Waals surface area contributed by atoms with Crippen LogP contribution in [-0.4, -0.2) is 43.4 Å². The number of hydrogen-bond donors (Lipinski definition) is 1. The van der Waals surface area contributed by atoms with E-state index in [2.05, 4.69) is 10.3 Å². The summed E-state index contributed by atoms with van der Waals surface area (Å²) in [6, 6.07) is 0. The third-order valence-electron chi connectivity index (χ3n) is 3.03. The molecule has 0 aliphatic carbocycles. The standard InChI is InChI=1S/C13H20N2O3S/c1-10-12(19-9-15-10)13(16)14-5-3-6-17-8-11-4-2-7-18-11/h9,11H,2-8H2,1H3,(H,14,16)/t11-/m1/s1. The Morgan fingerprint density at radius 3 is 3.26 bits per heavy atom. The van der Waals surface area contributed by atoms with Gasteiger partial charge in [0.05, 0.1) is 23.9 Å². The quantitative estimate of drug-likeness (QED) is 0.775. The van der Waals surface area contributed by atoms with Crippen molar-refractivity contribution in [2.24, 2.45) is 0 Å². The Morgan fingerprint density at radius 1 is 1.68 bits per heavy atom. The third kappa shape index (κ3) is 4.56. The molecular formula is C13H20N2O3S. The van der Waals surface area contributed by atoms with Crippen LogP contribution < -0.4 is 5.32 Å². The number of thiazole rings is 1. The zero-order valence-electron chi connectivity index (χ0n) is 11.2. The number of carbonyl (C=O) groups excluding carboxylic acids is 1. The fourth-order valence-electron chi connectivity index (χ4n) is 1.97. The molecule has 6 heteroatoms. The van der Waals surface area contributed by atoms with Gasteiger partial charge in [-0.15, -0.1) is 11.3 Å². The average Bonchev–Trinajstić information content (AvgIpc) is 3.04. The number of hydrogen-bond acceptors (Lipinski definition) is 5. The highest BCUT2D eigenvalue weighted by Crippen LogP contribution is 2.12. The van der Waals surface area contributed by atoms with Crippen molar-refractivity contribution >= 4 is 17.2 Å². The number of nitrogens with zero attached hydrogens (tertiary/aromatic N) is 1. The average molecular weight is 284 g/mol. The van der Waals surface area contributed by atoms with E-state index in [1.54, 1.807) is 5.51 Å². The molecule has 1 atom stereocenters. The number of amides is 1. The van der Waals surface area contributed by atoms with Crippen molar-refractivity contribution in [3.63, 3.8) is 0 Å². The largest absolute Gasteiger partial charge is 0.379 e. The van der Waals surface area contributed by atoms with E-state index in [-0.39, 0.29) is 12.0 Å². The van der Waals surface area contributed by atoms with E-state index in [4.69, 9.17) is 9.47 Å². The maximum atomic E-state index is 11.8. The zero-order chi connectivity index (χ0) is 13.5. The van der Waals surface area contributed by atoms with E-state index >= 15 is 0 Å². The summed E-state index contributed by atoms with van der Waals surface area (Å²) >= 11 is 1.37. The van der Waals surface area contributed by atoms with Crippen molar-refractivity contribution in [3.8, 4) is 0 Å². The Balaban J connectivity index is 1.52. The maximum Gasteiger partial charge on any atom is 0.263 e. The molecule has 1 aromatic heterocycles. The number of aromatic nitrogens is 1. The van der Waals surface area contributed by atoms with Crippen LogP contribution in [0.1, 0.15) is 34.6 Å². The summed E-state index contributed by atoms with van der Waals surface area (Å²) in [6.07, 6.45) is 3.32. The minimum atomic E-state index is -0.0425. The minimum Gasteiger partial charge on any atom is -0.379 e. The first kappa shape index (κ1) is 14.4. The lowest BCUT2D eigenvalue weighted by atomic mass is 10.2. The van der Waals surface area contributed by atoms with Gasteiger partial charge in [0.15, 0.2) is 0 Å². The normalized spacial score (nSPS) is 18.7. The first-order valence-corrected chi connectivity index (χ1v) is 7.53. The number of nitrogens with one attached hydrogen (secondary N) is 1. The molecule has 19 heavy (non-hydrogen) atoms. The van der Waals surface area contributed by atoms with Crippen LogP contribution in [-0.2, 0) is 9.47 Å². The van der Waals surface area contributed by atoms with Crippen molar-refractivity contribution in [2.45, 2.75) is 32.3 Å². The Labute approximate surface area is 117 Å². The lowest BCUT2D eigenvalue weighted by molar-refractivity contribution is 0.0166. The Morgan fingerprint density at radius 2 is 2.58 bits per heavy atom. The summed E-state index contributed by atoms with van der Waals surface area (Å²) in [5.41, 5.74) is 2.48. The van der Waals surface area contributed by atoms with Gasteiger partial charge in [-0.2, -0.15) is 0 Å². The lowest BCUT2D eigenvalue weighted by Crippen LogP contribution is -2.25. The molecule has 1 aliphatic rings. The van der Waals surface area contributed by atoms with Crippen molar-refractivity contribution in [2.75, 3.05) is 26.4 Å². The van der Waals surface area contributed by atoms with Crippen LogP contribution in [0, 0.1) is 6.92 Å². The molecule has 2 heterocycles.